The number of oxime groups is 1. The van der Waals surface area contributed by atoms with E-state index in [1.54, 1.807) is 24.3 Å². The Morgan fingerprint density at radius 2 is 1.67 bits per heavy atom. The fraction of sp³-hybridized carbons (Fsp3) is 0.405. The molecule has 1 heterocycles. The van der Waals surface area contributed by atoms with Crippen LogP contribution in [0.5, 0.6) is 0 Å². The number of carbonyl (C=O) groups is 3. The van der Waals surface area contributed by atoms with Crippen LogP contribution < -0.4 is 11.1 Å². The largest absolute Gasteiger partial charge is 0.411 e. The van der Waals surface area contributed by atoms with Crippen LogP contribution in [0.25, 0.3) is 0 Å². The summed E-state index contributed by atoms with van der Waals surface area (Å²) in [6.07, 6.45) is 0.496. The fourth-order valence-electron chi connectivity index (χ4n) is 6.11. The van der Waals surface area contributed by atoms with Crippen molar-refractivity contribution in [3.05, 3.63) is 95.6 Å². The van der Waals surface area contributed by atoms with E-state index in [2.05, 4.69) is 10.5 Å². The predicted molar refractivity (Wildman–Crippen MR) is 194 cm³/mol. The Kier molecular flexibility index (Phi) is 13.3. The number of sulfonamides is 1. The van der Waals surface area contributed by atoms with Crippen molar-refractivity contribution in [3.63, 3.8) is 0 Å². The molecule has 4 amide bonds. The van der Waals surface area contributed by atoms with Crippen LogP contribution in [0.3, 0.4) is 0 Å². The van der Waals surface area contributed by atoms with Gasteiger partial charge >= 0.3 is 6.03 Å². The van der Waals surface area contributed by atoms with Crippen molar-refractivity contribution >= 4 is 39.8 Å². The minimum absolute atomic E-state index is 0.00130. The third-order valence-electron chi connectivity index (χ3n) is 8.94. The molecule has 51 heavy (non-hydrogen) atoms. The molecule has 3 aromatic carbocycles. The summed E-state index contributed by atoms with van der Waals surface area (Å²) in [5.74, 6) is -1.47. The first-order chi connectivity index (χ1) is 24.2. The third kappa shape index (κ3) is 9.93. The van der Waals surface area contributed by atoms with E-state index in [9.17, 15) is 27.9 Å². The molecule has 13 nitrogen and oxygen atoms in total. The number of nitrogens with two attached hydrogens (primary N) is 1. The van der Waals surface area contributed by atoms with Crippen LogP contribution in [0.15, 0.2) is 88.9 Å². The number of benzene rings is 3. The minimum atomic E-state index is -4.10. The Morgan fingerprint density at radius 1 is 1.00 bits per heavy atom. The number of rotatable bonds is 17. The second-order valence-electron chi connectivity index (χ2n) is 13.4. The van der Waals surface area contributed by atoms with Crippen molar-refractivity contribution in [2.75, 3.05) is 25.4 Å². The summed E-state index contributed by atoms with van der Waals surface area (Å²) in [5, 5.41) is 26.5. The zero-order valence-corrected chi connectivity index (χ0v) is 30.2. The summed E-state index contributed by atoms with van der Waals surface area (Å²) in [6.45, 7) is 6.89. The van der Waals surface area contributed by atoms with Crippen molar-refractivity contribution in [1.29, 1.82) is 0 Å². The lowest BCUT2D eigenvalue weighted by Gasteiger charge is -2.34. The lowest BCUT2D eigenvalue weighted by molar-refractivity contribution is -0.129. The summed E-state index contributed by atoms with van der Waals surface area (Å²) >= 11 is 0. The van der Waals surface area contributed by atoms with Crippen molar-refractivity contribution < 1.29 is 33.1 Å². The highest BCUT2D eigenvalue weighted by Gasteiger charge is 2.45. The molecule has 0 bridgehead atoms. The number of aliphatic hydroxyl groups is 1. The zero-order valence-electron chi connectivity index (χ0n) is 29.4. The Bertz CT molecular complexity index is 1790. The average molecular weight is 721 g/mol. The number of carbonyl (C=O) groups excluding carboxylic acids is 3. The van der Waals surface area contributed by atoms with Crippen molar-refractivity contribution in [1.82, 2.24) is 19.4 Å². The van der Waals surface area contributed by atoms with Crippen LogP contribution >= 0.6 is 0 Å². The highest BCUT2D eigenvalue weighted by Crippen LogP contribution is 2.25. The Labute approximate surface area is 299 Å². The first kappa shape index (κ1) is 39.0. The molecule has 1 fully saturated rings. The highest BCUT2D eigenvalue weighted by atomic mass is 32.2. The molecular weight excluding hydrogens is 673 g/mol. The normalized spacial score (nSPS) is 16.2. The molecule has 14 heteroatoms. The van der Waals surface area contributed by atoms with Gasteiger partial charge in [-0.15, -0.1) is 0 Å². The topological polar surface area (TPSA) is 186 Å². The van der Waals surface area contributed by atoms with E-state index in [0.717, 1.165) is 10.5 Å². The lowest BCUT2D eigenvalue weighted by Crippen LogP contribution is -2.57. The zero-order chi connectivity index (χ0) is 37.3. The van der Waals surface area contributed by atoms with Crippen molar-refractivity contribution in [2.24, 2.45) is 17.0 Å². The van der Waals surface area contributed by atoms with Gasteiger partial charge in [-0.2, -0.15) is 4.31 Å². The van der Waals surface area contributed by atoms with Crippen LogP contribution in [-0.4, -0.2) is 94.7 Å². The number of anilines is 1. The predicted octanol–water partition coefficient (Wildman–Crippen LogP) is 3.69. The summed E-state index contributed by atoms with van der Waals surface area (Å²) in [7, 11) is -4.10. The van der Waals surface area contributed by atoms with Gasteiger partial charge in [0.1, 0.15) is 12.6 Å². The second kappa shape index (κ2) is 17.4. The molecule has 0 spiro atoms. The van der Waals surface area contributed by atoms with Crippen LogP contribution in [0, 0.1) is 11.8 Å². The highest BCUT2D eigenvalue weighted by molar-refractivity contribution is 7.89. The van der Waals surface area contributed by atoms with E-state index in [4.69, 9.17) is 10.9 Å². The first-order valence-corrected chi connectivity index (χ1v) is 18.4. The van der Waals surface area contributed by atoms with Crippen molar-refractivity contribution in [2.45, 2.75) is 70.2 Å². The van der Waals surface area contributed by atoms with Gasteiger partial charge in [0, 0.05) is 18.8 Å². The Balaban J connectivity index is 1.62. The smallest absolute Gasteiger partial charge is 0.328 e. The molecule has 0 saturated carbocycles. The molecule has 274 valence electrons. The standard InChI is InChI=1S/C37H48N6O7S/c1-5-26(4)35(43-24-34(45)42(37(43)47)22-29-12-9-13-30(38)18-29)36(46)40-32(19-27-10-7-6-8-11-27)33(44)23-41(21-25(2)3)51(49,50)31-16-14-28(15-17-31)20-39-48/h6-18,20,25-26,32-33,35,44,48H,5,19,21-24,38H2,1-4H3,(H,40,46)/t26-,32-,33-,35-/m0/s1. The van der Waals surface area contributed by atoms with E-state index >= 15 is 0 Å². The number of aliphatic hydroxyl groups excluding tert-OH is 1. The number of urea groups is 1. The number of nitrogens with one attached hydrogen (secondary N) is 1. The van der Waals surface area contributed by atoms with E-state index in [1.165, 1.54) is 39.7 Å². The summed E-state index contributed by atoms with van der Waals surface area (Å²) in [5.41, 5.74) is 8.36. The van der Waals surface area contributed by atoms with Gasteiger partial charge in [-0.3, -0.25) is 14.5 Å². The number of hydrogen-bond donors (Lipinski definition) is 4. The SMILES string of the molecule is CC[C@H](C)[C@@H](C(=O)N[C@@H](Cc1ccccc1)[C@@H](O)CN(CC(C)C)S(=O)(=O)c1ccc(C=NO)cc1)N1CC(=O)N(Cc2cccc(N)c2)C1=O. The van der Waals surface area contributed by atoms with Gasteiger partial charge in [0.05, 0.1) is 29.8 Å². The van der Waals surface area contributed by atoms with Gasteiger partial charge < -0.3 is 26.3 Å². The maximum atomic E-state index is 14.2. The number of imide groups is 1. The van der Waals surface area contributed by atoms with E-state index in [-0.39, 0.29) is 49.3 Å². The van der Waals surface area contributed by atoms with Gasteiger partial charge in [0.15, 0.2) is 0 Å². The maximum Gasteiger partial charge on any atom is 0.328 e. The summed E-state index contributed by atoms with van der Waals surface area (Å²) in [6, 6.07) is 19.3. The molecular formula is C37H48N6O7S. The molecule has 4 rings (SSSR count). The third-order valence-corrected chi connectivity index (χ3v) is 10.8. The maximum absolute atomic E-state index is 14.2. The van der Waals surface area contributed by atoms with Crippen LogP contribution in [0.1, 0.15) is 50.8 Å². The average Bonchev–Trinajstić information content (AvgIpc) is 3.36. The molecule has 1 saturated heterocycles. The van der Waals surface area contributed by atoms with Crippen molar-refractivity contribution in [3.8, 4) is 0 Å². The van der Waals surface area contributed by atoms with Gasteiger partial charge in [-0.1, -0.05) is 93.9 Å². The van der Waals surface area contributed by atoms with Gasteiger partial charge in [0.25, 0.3) is 5.91 Å². The second-order valence-corrected chi connectivity index (χ2v) is 15.3. The number of nitrogen functional groups attached to an aromatic ring is 1. The van der Waals surface area contributed by atoms with E-state index in [0.29, 0.717) is 23.2 Å². The van der Waals surface area contributed by atoms with E-state index < -0.39 is 46.1 Å². The Hall–Kier alpha value is -4.79. The molecule has 0 unspecified atom stereocenters. The molecule has 0 aliphatic carbocycles. The van der Waals surface area contributed by atoms with Gasteiger partial charge in [-0.25, -0.2) is 13.2 Å². The molecule has 3 aromatic rings. The quantitative estimate of drug-likeness (QED) is 0.0535. The van der Waals surface area contributed by atoms with E-state index in [1.807, 2.05) is 58.0 Å². The lowest BCUT2D eigenvalue weighted by atomic mass is 9.95. The summed E-state index contributed by atoms with van der Waals surface area (Å²) < 4.78 is 29.0. The molecule has 1 aliphatic heterocycles. The molecule has 5 N–H and O–H groups in total. The van der Waals surface area contributed by atoms with Crippen LogP contribution in [-0.2, 0) is 32.6 Å². The molecule has 0 radical (unpaired) electrons. The monoisotopic (exact) mass is 720 g/mol. The van der Waals surface area contributed by atoms with Crippen LogP contribution in [0.2, 0.25) is 0 Å². The number of hydrogen-bond acceptors (Lipinski definition) is 9. The number of amides is 4. The first-order valence-electron chi connectivity index (χ1n) is 17.0. The van der Waals surface area contributed by atoms with Gasteiger partial charge in [-0.05, 0) is 59.2 Å². The molecule has 1 aliphatic rings. The van der Waals surface area contributed by atoms with Crippen LogP contribution in [0.4, 0.5) is 10.5 Å². The van der Waals surface area contributed by atoms with Gasteiger partial charge in [0.2, 0.25) is 15.9 Å². The molecule has 4 atom stereocenters. The fourth-order valence-corrected chi connectivity index (χ4v) is 7.73. The summed E-state index contributed by atoms with van der Waals surface area (Å²) in [4.78, 5) is 43.5. The molecule has 0 aromatic heterocycles. The Morgan fingerprint density at radius 3 is 2.27 bits per heavy atom. The number of nitrogens with zero attached hydrogens (tertiary/aromatic N) is 4. The minimum Gasteiger partial charge on any atom is -0.411 e.